The second-order valence-corrected chi connectivity index (χ2v) is 14.0. The highest BCUT2D eigenvalue weighted by Gasteiger charge is 2.25. The largest absolute Gasteiger partial charge is 0.411 e. The predicted molar refractivity (Wildman–Crippen MR) is 105 cm³/mol. The number of hydrogen-bond donors (Lipinski definition) is 2. The Kier molecular flexibility index (Phi) is 6.42. The molecule has 0 atom stereocenters. The Morgan fingerprint density at radius 2 is 2.16 bits per heavy atom. The minimum atomic E-state index is -1.18. The van der Waals surface area contributed by atoms with Crippen LogP contribution in [0.15, 0.2) is 28.0 Å². The number of nitrogens with zero attached hydrogens (tertiary/aromatic N) is 3. The molecule has 0 aromatic carbocycles. The first-order valence-corrected chi connectivity index (χ1v) is 12.6. The molecule has 0 saturated heterocycles. The molecule has 0 spiro atoms. The summed E-state index contributed by atoms with van der Waals surface area (Å²) < 4.78 is 9.65. The van der Waals surface area contributed by atoms with Gasteiger partial charge in [-0.25, -0.2) is 0 Å². The zero-order valence-electron chi connectivity index (χ0n) is 15.0. The lowest BCUT2D eigenvalue weighted by Gasteiger charge is -2.14. The van der Waals surface area contributed by atoms with E-state index in [9.17, 15) is 5.21 Å². The van der Waals surface area contributed by atoms with Gasteiger partial charge in [-0.15, -0.1) is 0 Å². The lowest BCUT2D eigenvalue weighted by atomic mass is 10.1. The summed E-state index contributed by atoms with van der Waals surface area (Å²) in [6, 6.07) is 4.73. The number of allylic oxidation sites excluding steroid dienone is 1. The maximum absolute atomic E-state index is 10.3. The number of oxime groups is 1. The highest BCUT2D eigenvalue weighted by Crippen LogP contribution is 2.26. The van der Waals surface area contributed by atoms with Gasteiger partial charge in [0.1, 0.15) is 12.4 Å². The number of fused-ring (bicyclic) bond motifs is 1. The number of hydrogen-bond acceptors (Lipinski definition) is 4. The molecule has 0 amide bonds. The standard InChI is InChI=1S/C17H24BrN3O3Si/c1-13(18)10-15-14-6-5-7-21(23)17(14)20(16(15)11-19-22)12-24-8-9-25(2,3)4/h5-7,10-11H,8-9,12H2,1-4H3,(H-,22,23)/p+1/b13-10+,19-11+. The van der Waals surface area contributed by atoms with Gasteiger partial charge in [-0.3, -0.25) is 0 Å². The van der Waals surface area contributed by atoms with Gasteiger partial charge in [-0.1, -0.05) is 45.5 Å². The van der Waals surface area contributed by atoms with Crippen molar-refractivity contribution in [3.8, 4) is 0 Å². The predicted octanol–water partition coefficient (Wildman–Crippen LogP) is 4.04. The maximum Gasteiger partial charge on any atom is 0.331 e. The molecule has 8 heteroatoms. The third-order valence-electron chi connectivity index (χ3n) is 3.80. The van der Waals surface area contributed by atoms with Crippen LogP contribution in [0.4, 0.5) is 0 Å². The Labute approximate surface area is 157 Å². The summed E-state index contributed by atoms with van der Waals surface area (Å²) in [5, 5.41) is 23.4. The second-order valence-electron chi connectivity index (χ2n) is 7.14. The van der Waals surface area contributed by atoms with Gasteiger partial charge in [0.2, 0.25) is 0 Å². The minimum Gasteiger partial charge on any atom is -0.411 e. The Morgan fingerprint density at radius 1 is 1.44 bits per heavy atom. The molecule has 6 nitrogen and oxygen atoms in total. The van der Waals surface area contributed by atoms with E-state index in [1.54, 1.807) is 16.8 Å². The SMILES string of the molecule is C/C(Br)=C\c1c(/C=N/O)n(COCC[Si](C)(C)C)c2c1ccc[n+]2O. The van der Waals surface area contributed by atoms with Crippen LogP contribution in [0.3, 0.4) is 0 Å². The average Bonchev–Trinajstić information content (AvgIpc) is 2.78. The van der Waals surface area contributed by atoms with E-state index < -0.39 is 8.07 Å². The van der Waals surface area contributed by atoms with Gasteiger partial charge in [0.15, 0.2) is 12.4 Å². The van der Waals surface area contributed by atoms with Gasteiger partial charge in [0.25, 0.3) is 0 Å². The third kappa shape index (κ3) is 4.93. The van der Waals surface area contributed by atoms with Crippen molar-refractivity contribution in [1.82, 2.24) is 4.57 Å². The molecule has 0 unspecified atom stereocenters. The monoisotopic (exact) mass is 426 g/mol. The number of ether oxygens (including phenoxy) is 1. The number of halogens is 1. The van der Waals surface area contributed by atoms with Crippen molar-refractivity contribution in [3.63, 3.8) is 0 Å². The molecule has 0 bridgehead atoms. The zero-order valence-corrected chi connectivity index (χ0v) is 17.6. The quantitative estimate of drug-likeness (QED) is 0.133. The zero-order chi connectivity index (χ0) is 18.6. The molecule has 2 heterocycles. The van der Waals surface area contributed by atoms with Crippen LogP contribution in [-0.2, 0) is 11.5 Å². The molecule has 0 aliphatic rings. The molecule has 2 N–H and O–H groups in total. The van der Waals surface area contributed by atoms with Crippen LogP contribution in [0.2, 0.25) is 25.7 Å². The molecule has 25 heavy (non-hydrogen) atoms. The second kappa shape index (κ2) is 8.16. The Bertz CT molecular complexity index is 806. The van der Waals surface area contributed by atoms with Crippen LogP contribution in [-0.4, -0.2) is 35.9 Å². The van der Waals surface area contributed by atoms with Gasteiger partial charge in [0, 0.05) is 20.2 Å². The van der Waals surface area contributed by atoms with Crippen molar-refractivity contribution in [2.24, 2.45) is 5.16 Å². The van der Waals surface area contributed by atoms with E-state index >= 15 is 0 Å². The minimum absolute atomic E-state index is 0.266. The summed E-state index contributed by atoms with van der Waals surface area (Å²) in [6.45, 7) is 9.75. The molecular weight excluding hydrogens is 402 g/mol. The van der Waals surface area contributed by atoms with Crippen LogP contribution in [0.5, 0.6) is 0 Å². The van der Waals surface area contributed by atoms with Crippen molar-refractivity contribution < 1.29 is 19.9 Å². The normalized spacial score (nSPS) is 13.2. The topological polar surface area (TPSA) is 70.9 Å². The van der Waals surface area contributed by atoms with E-state index in [0.29, 0.717) is 17.9 Å². The summed E-state index contributed by atoms with van der Waals surface area (Å²) in [6.07, 6.45) is 4.86. The van der Waals surface area contributed by atoms with Gasteiger partial charge in [-0.05, 0) is 35.7 Å². The fourth-order valence-electron chi connectivity index (χ4n) is 2.58. The van der Waals surface area contributed by atoms with Crippen LogP contribution < -0.4 is 4.73 Å². The van der Waals surface area contributed by atoms with Crippen molar-refractivity contribution in [1.29, 1.82) is 0 Å². The summed E-state index contributed by atoms with van der Waals surface area (Å²) >= 11 is 3.44. The first kappa shape index (κ1) is 19.7. The molecular formula is C17H25BrN3O3Si+. The number of aromatic nitrogens is 2. The Balaban J connectivity index is 2.49. The van der Waals surface area contributed by atoms with E-state index in [-0.39, 0.29) is 6.73 Å². The first-order valence-electron chi connectivity index (χ1n) is 8.09. The summed E-state index contributed by atoms with van der Waals surface area (Å²) in [5.41, 5.74) is 2.10. The van der Waals surface area contributed by atoms with Gasteiger partial charge < -0.3 is 15.2 Å². The lowest BCUT2D eigenvalue weighted by Crippen LogP contribution is -2.32. The van der Waals surface area contributed by atoms with Crippen molar-refractivity contribution in [2.45, 2.75) is 39.3 Å². The van der Waals surface area contributed by atoms with Gasteiger partial charge in [0.05, 0.1) is 5.39 Å². The van der Waals surface area contributed by atoms with E-state index in [0.717, 1.165) is 26.2 Å². The van der Waals surface area contributed by atoms with Crippen molar-refractivity contribution in [2.75, 3.05) is 6.61 Å². The van der Waals surface area contributed by atoms with Crippen molar-refractivity contribution >= 4 is 47.3 Å². The maximum atomic E-state index is 10.3. The molecule has 0 radical (unpaired) electrons. The van der Waals surface area contributed by atoms with Crippen LogP contribution in [0.25, 0.3) is 17.1 Å². The summed E-state index contributed by atoms with van der Waals surface area (Å²) in [7, 11) is -1.18. The number of rotatable bonds is 7. The average molecular weight is 427 g/mol. The van der Waals surface area contributed by atoms with E-state index in [4.69, 9.17) is 9.94 Å². The smallest absolute Gasteiger partial charge is 0.331 e. The molecule has 0 fully saturated rings. The molecule has 0 aliphatic carbocycles. The Hall–Kier alpha value is -1.64. The Morgan fingerprint density at radius 3 is 2.76 bits per heavy atom. The molecule has 0 aliphatic heterocycles. The summed E-state index contributed by atoms with van der Waals surface area (Å²) in [4.78, 5) is 0. The van der Waals surface area contributed by atoms with E-state index in [1.165, 1.54) is 6.21 Å². The van der Waals surface area contributed by atoms with E-state index in [1.807, 2.05) is 19.1 Å². The van der Waals surface area contributed by atoms with E-state index in [2.05, 4.69) is 40.7 Å². The fourth-order valence-corrected chi connectivity index (χ4v) is 3.56. The number of pyridine rings is 1. The lowest BCUT2D eigenvalue weighted by molar-refractivity contribution is -0.886. The molecule has 2 rings (SSSR count). The van der Waals surface area contributed by atoms with Crippen LogP contribution >= 0.6 is 15.9 Å². The molecule has 0 saturated carbocycles. The van der Waals surface area contributed by atoms with Gasteiger partial charge in [-0.2, -0.15) is 4.57 Å². The van der Waals surface area contributed by atoms with Crippen molar-refractivity contribution in [3.05, 3.63) is 34.1 Å². The molecule has 136 valence electrons. The van der Waals surface area contributed by atoms with Gasteiger partial charge >= 0.3 is 5.65 Å². The van der Waals surface area contributed by atoms with Crippen LogP contribution in [0.1, 0.15) is 18.2 Å². The fraction of sp³-hybridized carbons (Fsp3) is 0.412. The first-order chi connectivity index (χ1) is 11.7. The highest BCUT2D eigenvalue weighted by atomic mass is 79.9. The summed E-state index contributed by atoms with van der Waals surface area (Å²) in [5.74, 6) is 0. The molecule has 2 aromatic heterocycles. The van der Waals surface area contributed by atoms with Crippen LogP contribution in [0, 0.1) is 0 Å². The highest BCUT2D eigenvalue weighted by molar-refractivity contribution is 9.11. The third-order valence-corrected chi connectivity index (χ3v) is 5.73. The molecule has 2 aromatic rings.